The number of anilines is 1. The highest BCUT2D eigenvalue weighted by Gasteiger charge is 2.14. The summed E-state index contributed by atoms with van der Waals surface area (Å²) in [4.78, 5) is 0. The number of nitrogens with two attached hydrogens (primary N) is 2. The van der Waals surface area contributed by atoms with E-state index in [2.05, 4.69) is 0 Å². The summed E-state index contributed by atoms with van der Waals surface area (Å²) < 4.78 is 16.2. The van der Waals surface area contributed by atoms with Gasteiger partial charge in [0.2, 0.25) is 0 Å². The van der Waals surface area contributed by atoms with E-state index in [9.17, 15) is 0 Å². The predicted molar refractivity (Wildman–Crippen MR) is 83.8 cm³/mol. The highest BCUT2D eigenvalue weighted by Crippen LogP contribution is 2.39. The van der Waals surface area contributed by atoms with Crippen LogP contribution in [0.2, 0.25) is 0 Å². The molecule has 0 fully saturated rings. The first-order valence-electron chi connectivity index (χ1n) is 6.53. The van der Waals surface area contributed by atoms with Crippen LogP contribution in [0.5, 0.6) is 17.2 Å². The molecule has 5 heteroatoms. The van der Waals surface area contributed by atoms with Crippen LogP contribution in [-0.2, 0) is 6.54 Å². The topological polar surface area (TPSA) is 79.7 Å². The molecule has 0 unspecified atom stereocenters. The Bertz CT molecular complexity index is 616. The summed E-state index contributed by atoms with van der Waals surface area (Å²) in [5, 5.41) is 0. The van der Waals surface area contributed by atoms with E-state index in [1.54, 1.807) is 27.4 Å². The number of rotatable bonds is 5. The van der Waals surface area contributed by atoms with Crippen LogP contribution in [0.3, 0.4) is 0 Å². The molecule has 2 aromatic rings. The molecule has 0 atom stereocenters. The summed E-state index contributed by atoms with van der Waals surface area (Å²) in [5.41, 5.74) is 15.0. The molecule has 4 N–H and O–H groups in total. The third-order valence-electron chi connectivity index (χ3n) is 3.31. The van der Waals surface area contributed by atoms with Gasteiger partial charge in [-0.2, -0.15) is 0 Å². The number of hydrogen-bond donors (Lipinski definition) is 2. The molecule has 112 valence electrons. The zero-order valence-corrected chi connectivity index (χ0v) is 12.5. The van der Waals surface area contributed by atoms with E-state index in [-0.39, 0.29) is 0 Å². The minimum absolute atomic E-state index is 0.352. The second-order valence-corrected chi connectivity index (χ2v) is 4.53. The summed E-state index contributed by atoms with van der Waals surface area (Å²) in [6.07, 6.45) is 0. The lowest BCUT2D eigenvalue weighted by atomic mass is 10.00. The van der Waals surface area contributed by atoms with Crippen molar-refractivity contribution < 1.29 is 14.2 Å². The number of hydrogen-bond acceptors (Lipinski definition) is 5. The van der Waals surface area contributed by atoms with Crippen LogP contribution in [0, 0.1) is 0 Å². The van der Waals surface area contributed by atoms with Gasteiger partial charge in [-0.1, -0.05) is 0 Å². The first kappa shape index (κ1) is 15.0. The zero-order valence-electron chi connectivity index (χ0n) is 12.5. The van der Waals surface area contributed by atoms with Gasteiger partial charge in [-0.25, -0.2) is 0 Å². The van der Waals surface area contributed by atoms with E-state index in [1.165, 1.54) is 0 Å². The third kappa shape index (κ3) is 2.87. The minimum atomic E-state index is 0.352. The van der Waals surface area contributed by atoms with Gasteiger partial charge in [-0.3, -0.25) is 0 Å². The molecule has 0 heterocycles. The van der Waals surface area contributed by atoms with Gasteiger partial charge in [0.15, 0.2) is 11.5 Å². The molecule has 0 aliphatic heterocycles. The molecule has 5 nitrogen and oxygen atoms in total. The van der Waals surface area contributed by atoms with Gasteiger partial charge in [-0.15, -0.1) is 0 Å². The van der Waals surface area contributed by atoms with Crippen molar-refractivity contribution in [2.45, 2.75) is 6.54 Å². The summed E-state index contributed by atoms with van der Waals surface area (Å²) >= 11 is 0. The van der Waals surface area contributed by atoms with Gasteiger partial charge in [0, 0.05) is 29.4 Å². The van der Waals surface area contributed by atoms with Crippen LogP contribution in [-0.4, -0.2) is 21.3 Å². The Morgan fingerprint density at radius 2 is 1.62 bits per heavy atom. The maximum Gasteiger partial charge on any atom is 0.165 e. The Balaban J connectivity index is 2.64. The fourth-order valence-corrected chi connectivity index (χ4v) is 2.30. The number of ether oxygens (including phenoxy) is 3. The lowest BCUT2D eigenvalue weighted by Crippen LogP contribution is -2.02. The molecule has 21 heavy (non-hydrogen) atoms. The van der Waals surface area contributed by atoms with E-state index < -0.39 is 0 Å². The van der Waals surface area contributed by atoms with Gasteiger partial charge >= 0.3 is 0 Å². The molecule has 0 saturated heterocycles. The van der Waals surface area contributed by atoms with Gasteiger partial charge < -0.3 is 25.7 Å². The minimum Gasteiger partial charge on any atom is -0.496 e. The molecule has 0 aliphatic carbocycles. The number of benzene rings is 2. The average molecular weight is 288 g/mol. The van der Waals surface area contributed by atoms with Gasteiger partial charge in [-0.05, 0) is 29.8 Å². The van der Waals surface area contributed by atoms with Crippen molar-refractivity contribution >= 4 is 5.69 Å². The van der Waals surface area contributed by atoms with E-state index in [1.807, 2.05) is 24.3 Å². The molecule has 0 aliphatic rings. The highest BCUT2D eigenvalue weighted by atomic mass is 16.5. The summed E-state index contributed by atoms with van der Waals surface area (Å²) in [5.74, 6) is 1.98. The van der Waals surface area contributed by atoms with Crippen LogP contribution >= 0.6 is 0 Å². The van der Waals surface area contributed by atoms with Gasteiger partial charge in [0.25, 0.3) is 0 Å². The Labute approximate surface area is 124 Å². The molecule has 2 rings (SSSR count). The molecule has 0 saturated carbocycles. The van der Waals surface area contributed by atoms with Crippen LogP contribution < -0.4 is 25.7 Å². The SMILES string of the molecule is COc1cc(N)ccc1-c1cc(CN)c(OC)c(OC)c1. The summed E-state index contributed by atoms with van der Waals surface area (Å²) in [7, 11) is 4.81. The van der Waals surface area contributed by atoms with E-state index in [0.717, 1.165) is 16.7 Å². The largest absolute Gasteiger partial charge is 0.496 e. The predicted octanol–water partition coefficient (Wildman–Crippen LogP) is 2.42. The standard InChI is InChI=1S/C16H20N2O3/c1-19-14-8-12(18)4-5-13(14)10-6-11(9-17)16(21-3)15(7-10)20-2/h4-8H,9,17-18H2,1-3H3. The average Bonchev–Trinajstić information content (AvgIpc) is 2.53. The first-order valence-corrected chi connectivity index (χ1v) is 6.53. The second kappa shape index (κ2) is 6.37. The molecule has 0 spiro atoms. The Morgan fingerprint density at radius 1 is 0.905 bits per heavy atom. The fourth-order valence-electron chi connectivity index (χ4n) is 2.30. The summed E-state index contributed by atoms with van der Waals surface area (Å²) in [6, 6.07) is 9.39. The van der Waals surface area contributed by atoms with Crippen molar-refractivity contribution in [3.63, 3.8) is 0 Å². The molecule has 0 radical (unpaired) electrons. The lowest BCUT2D eigenvalue weighted by Gasteiger charge is -2.16. The van der Waals surface area contributed by atoms with Crippen molar-refractivity contribution in [2.75, 3.05) is 27.1 Å². The molecule has 0 bridgehead atoms. The number of nitrogen functional groups attached to an aromatic ring is 1. The second-order valence-electron chi connectivity index (χ2n) is 4.53. The molecule has 2 aromatic carbocycles. The molecular formula is C16H20N2O3. The lowest BCUT2D eigenvalue weighted by molar-refractivity contribution is 0.352. The molecule has 0 amide bonds. The van der Waals surface area contributed by atoms with Gasteiger partial charge in [0.05, 0.1) is 21.3 Å². The van der Waals surface area contributed by atoms with Crippen LogP contribution in [0.4, 0.5) is 5.69 Å². The fraction of sp³-hybridized carbons (Fsp3) is 0.250. The van der Waals surface area contributed by atoms with E-state index in [0.29, 0.717) is 29.5 Å². The Kier molecular flexibility index (Phi) is 4.55. The molecular weight excluding hydrogens is 268 g/mol. The molecule has 0 aromatic heterocycles. The van der Waals surface area contributed by atoms with Crippen molar-refractivity contribution in [3.8, 4) is 28.4 Å². The monoisotopic (exact) mass is 288 g/mol. The van der Waals surface area contributed by atoms with Gasteiger partial charge in [0.1, 0.15) is 5.75 Å². The normalized spacial score (nSPS) is 10.3. The van der Waals surface area contributed by atoms with Crippen molar-refractivity contribution in [1.29, 1.82) is 0 Å². The maximum atomic E-state index is 5.80. The van der Waals surface area contributed by atoms with E-state index in [4.69, 9.17) is 25.7 Å². The van der Waals surface area contributed by atoms with Crippen molar-refractivity contribution in [2.24, 2.45) is 5.73 Å². The van der Waals surface area contributed by atoms with Crippen LogP contribution in [0.15, 0.2) is 30.3 Å². The Morgan fingerprint density at radius 3 is 2.19 bits per heavy atom. The van der Waals surface area contributed by atoms with Crippen LogP contribution in [0.1, 0.15) is 5.56 Å². The van der Waals surface area contributed by atoms with Crippen molar-refractivity contribution in [1.82, 2.24) is 0 Å². The smallest absolute Gasteiger partial charge is 0.165 e. The van der Waals surface area contributed by atoms with Crippen molar-refractivity contribution in [3.05, 3.63) is 35.9 Å². The Hall–Kier alpha value is -2.40. The zero-order chi connectivity index (χ0) is 15.4. The van der Waals surface area contributed by atoms with E-state index >= 15 is 0 Å². The highest BCUT2D eigenvalue weighted by molar-refractivity contribution is 5.76. The maximum absolute atomic E-state index is 5.80. The van der Waals surface area contributed by atoms with Crippen LogP contribution in [0.25, 0.3) is 11.1 Å². The quantitative estimate of drug-likeness (QED) is 0.826. The number of methoxy groups -OCH3 is 3. The summed E-state index contributed by atoms with van der Waals surface area (Å²) in [6.45, 7) is 0.352. The third-order valence-corrected chi connectivity index (χ3v) is 3.31. The first-order chi connectivity index (χ1) is 10.1.